The maximum absolute atomic E-state index is 12.3. The topological polar surface area (TPSA) is 44.8 Å². The molecule has 0 aliphatic carbocycles. The van der Waals surface area contributed by atoms with Crippen molar-refractivity contribution in [2.75, 3.05) is 36.4 Å². The largest absolute Gasteiger partial charge is 0.475 e. The van der Waals surface area contributed by atoms with Crippen LogP contribution < -0.4 is 15.0 Å². The fourth-order valence-corrected chi connectivity index (χ4v) is 5.32. The smallest absolute Gasteiger partial charge is 0.224 e. The van der Waals surface area contributed by atoms with E-state index in [1.165, 1.54) is 5.56 Å². The summed E-state index contributed by atoms with van der Waals surface area (Å²) in [5.74, 6) is 0.875. The highest BCUT2D eigenvalue weighted by Crippen LogP contribution is 2.39. The van der Waals surface area contributed by atoms with E-state index in [2.05, 4.69) is 48.0 Å². The highest BCUT2D eigenvalue weighted by molar-refractivity contribution is 6.43. The number of hydrogen-bond acceptors (Lipinski definition) is 4. The summed E-state index contributed by atoms with van der Waals surface area (Å²) in [7, 11) is 0. The van der Waals surface area contributed by atoms with Crippen LogP contribution >= 0.6 is 23.2 Å². The van der Waals surface area contributed by atoms with Gasteiger partial charge in [-0.05, 0) is 48.4 Å². The number of fused-ring (bicyclic) bond motifs is 1. The summed E-state index contributed by atoms with van der Waals surface area (Å²) in [6, 6.07) is 12.0. The Bertz CT molecular complexity index is 1020. The molecule has 0 saturated carbocycles. The van der Waals surface area contributed by atoms with Crippen molar-refractivity contribution >= 4 is 40.5 Å². The zero-order valence-electron chi connectivity index (χ0n) is 20.4. The minimum atomic E-state index is -0.0490. The van der Waals surface area contributed by atoms with Gasteiger partial charge < -0.3 is 15.0 Å². The molecule has 7 heteroatoms. The highest BCUT2D eigenvalue weighted by Gasteiger charge is 2.30. The molecule has 0 aromatic heterocycles. The van der Waals surface area contributed by atoms with Crippen molar-refractivity contribution in [3.63, 3.8) is 0 Å². The summed E-state index contributed by atoms with van der Waals surface area (Å²) in [5.41, 5.74) is 2.98. The van der Waals surface area contributed by atoms with E-state index in [1.54, 1.807) is 0 Å². The Morgan fingerprint density at radius 1 is 1.12 bits per heavy atom. The van der Waals surface area contributed by atoms with Crippen LogP contribution in [0.1, 0.15) is 58.4 Å². The lowest BCUT2D eigenvalue weighted by molar-refractivity contribution is -0.116. The van der Waals surface area contributed by atoms with Crippen LogP contribution in [-0.2, 0) is 10.2 Å². The van der Waals surface area contributed by atoms with Gasteiger partial charge in [-0.1, -0.05) is 62.5 Å². The Hall–Kier alpha value is -1.95. The number of carbonyl (C=O) groups excluding carboxylic acids is 1. The number of halogens is 2. The van der Waals surface area contributed by atoms with Crippen molar-refractivity contribution in [1.82, 2.24) is 4.90 Å². The molecule has 1 amide bonds. The average Bonchev–Trinajstić information content (AvgIpc) is 2.93. The summed E-state index contributed by atoms with van der Waals surface area (Å²) < 4.78 is 6.56. The molecule has 2 heterocycles. The quantitative estimate of drug-likeness (QED) is 0.455. The van der Waals surface area contributed by atoms with Gasteiger partial charge in [0.15, 0.2) is 6.23 Å². The minimum absolute atomic E-state index is 0.00975. The van der Waals surface area contributed by atoms with Gasteiger partial charge in [-0.25, -0.2) is 0 Å². The van der Waals surface area contributed by atoms with Crippen molar-refractivity contribution in [1.29, 1.82) is 0 Å². The van der Waals surface area contributed by atoms with Gasteiger partial charge in [0.2, 0.25) is 5.91 Å². The zero-order chi connectivity index (χ0) is 24.3. The average molecular weight is 505 g/mol. The summed E-state index contributed by atoms with van der Waals surface area (Å²) in [4.78, 5) is 17.0. The Morgan fingerprint density at radius 3 is 2.62 bits per heavy atom. The summed E-state index contributed by atoms with van der Waals surface area (Å²) >= 11 is 12.7. The van der Waals surface area contributed by atoms with Gasteiger partial charge >= 0.3 is 0 Å². The first kappa shape index (κ1) is 25.2. The number of hydrogen-bond donors (Lipinski definition) is 1. The van der Waals surface area contributed by atoms with Gasteiger partial charge in [0.25, 0.3) is 0 Å². The maximum atomic E-state index is 12.3. The Labute approximate surface area is 213 Å². The molecule has 5 nitrogen and oxygen atoms in total. The van der Waals surface area contributed by atoms with Crippen LogP contribution in [0.4, 0.5) is 11.4 Å². The first-order chi connectivity index (χ1) is 16.3. The third-order valence-corrected chi connectivity index (χ3v) is 7.85. The van der Waals surface area contributed by atoms with Crippen LogP contribution in [0, 0.1) is 0 Å². The van der Waals surface area contributed by atoms with E-state index >= 15 is 0 Å². The van der Waals surface area contributed by atoms with Crippen LogP contribution in [0.5, 0.6) is 5.75 Å². The van der Waals surface area contributed by atoms with Gasteiger partial charge in [-0.15, -0.1) is 0 Å². The second-order valence-electron chi connectivity index (χ2n) is 9.95. The fraction of sp³-hybridized carbons (Fsp3) is 0.519. The monoisotopic (exact) mass is 503 g/mol. The van der Waals surface area contributed by atoms with E-state index in [0.717, 1.165) is 69.0 Å². The molecule has 4 rings (SSSR count). The molecule has 1 saturated heterocycles. The van der Waals surface area contributed by atoms with E-state index in [4.69, 9.17) is 27.9 Å². The van der Waals surface area contributed by atoms with Crippen molar-refractivity contribution in [2.24, 2.45) is 0 Å². The standard InChI is InChI=1S/C27H35Cl2N3O2/c1-4-5-9-25(32-16-14-31(15-17-32)23-8-6-7-21(28)26(23)29)34-19-10-11-20-22(18-19)30-24(33)12-13-27(20,2)3/h6-8,10-11,18,25H,4-5,9,12-17H2,1-3H3,(H,30,33). The van der Waals surface area contributed by atoms with Crippen LogP contribution in [0.3, 0.4) is 0 Å². The predicted molar refractivity (Wildman–Crippen MR) is 142 cm³/mol. The molecule has 2 aromatic rings. The van der Waals surface area contributed by atoms with Crippen molar-refractivity contribution in [3.05, 3.63) is 52.0 Å². The lowest BCUT2D eigenvalue weighted by Gasteiger charge is -2.40. The van der Waals surface area contributed by atoms with E-state index in [0.29, 0.717) is 16.5 Å². The molecule has 2 aliphatic heterocycles. The van der Waals surface area contributed by atoms with Crippen molar-refractivity contribution in [2.45, 2.75) is 64.5 Å². The molecule has 2 aliphatic rings. The number of piperazine rings is 1. The van der Waals surface area contributed by atoms with E-state index in [1.807, 2.05) is 24.3 Å². The molecule has 1 fully saturated rings. The molecule has 1 unspecified atom stereocenters. The Balaban J connectivity index is 1.48. The van der Waals surface area contributed by atoms with Gasteiger partial charge in [-0.2, -0.15) is 0 Å². The molecule has 0 bridgehead atoms. The number of anilines is 2. The molecule has 0 radical (unpaired) electrons. The number of carbonyl (C=O) groups is 1. The number of rotatable bonds is 7. The van der Waals surface area contributed by atoms with E-state index in [-0.39, 0.29) is 17.6 Å². The minimum Gasteiger partial charge on any atom is -0.475 e. The lowest BCUT2D eigenvalue weighted by Crippen LogP contribution is -2.52. The molecule has 1 N–H and O–H groups in total. The lowest BCUT2D eigenvalue weighted by atomic mass is 9.80. The number of unbranched alkanes of at least 4 members (excludes halogenated alkanes) is 1. The Kier molecular flexibility index (Phi) is 7.96. The summed E-state index contributed by atoms with van der Waals surface area (Å²) in [5, 5.41) is 4.29. The molecule has 34 heavy (non-hydrogen) atoms. The number of benzene rings is 2. The van der Waals surface area contributed by atoms with Gasteiger partial charge in [-0.3, -0.25) is 9.69 Å². The molecule has 1 atom stereocenters. The summed E-state index contributed by atoms with van der Waals surface area (Å²) in [6.07, 6.45) is 4.55. The van der Waals surface area contributed by atoms with Crippen molar-refractivity contribution in [3.8, 4) is 5.75 Å². The number of ether oxygens (including phenoxy) is 1. The van der Waals surface area contributed by atoms with Gasteiger partial charge in [0.05, 0.1) is 15.7 Å². The van der Waals surface area contributed by atoms with Crippen LogP contribution in [0.2, 0.25) is 10.0 Å². The third-order valence-electron chi connectivity index (χ3n) is 7.04. The molecule has 2 aromatic carbocycles. The second-order valence-corrected chi connectivity index (χ2v) is 10.7. The maximum Gasteiger partial charge on any atom is 0.224 e. The number of nitrogens with one attached hydrogen (secondary N) is 1. The fourth-order valence-electron chi connectivity index (χ4n) is 4.90. The second kappa shape index (κ2) is 10.8. The normalized spacial score (nSPS) is 19.2. The van der Waals surface area contributed by atoms with E-state index in [9.17, 15) is 4.79 Å². The Morgan fingerprint density at radius 2 is 1.88 bits per heavy atom. The molecule has 0 spiro atoms. The van der Waals surface area contributed by atoms with Gasteiger partial charge in [0, 0.05) is 44.4 Å². The van der Waals surface area contributed by atoms with Crippen LogP contribution in [0.25, 0.3) is 0 Å². The van der Waals surface area contributed by atoms with Crippen LogP contribution in [-0.4, -0.2) is 43.2 Å². The zero-order valence-corrected chi connectivity index (χ0v) is 21.9. The SMILES string of the molecule is CCCCC(Oc1ccc2c(c1)NC(=O)CCC2(C)C)N1CCN(c2cccc(Cl)c2Cl)CC1. The molecule has 184 valence electrons. The number of nitrogens with zero attached hydrogens (tertiary/aromatic N) is 2. The molecular weight excluding hydrogens is 469 g/mol. The highest BCUT2D eigenvalue weighted by atomic mass is 35.5. The van der Waals surface area contributed by atoms with E-state index < -0.39 is 0 Å². The first-order valence-corrected chi connectivity index (χ1v) is 13.1. The third kappa shape index (κ3) is 5.64. The van der Waals surface area contributed by atoms with Crippen LogP contribution in [0.15, 0.2) is 36.4 Å². The van der Waals surface area contributed by atoms with Gasteiger partial charge in [0.1, 0.15) is 5.75 Å². The summed E-state index contributed by atoms with van der Waals surface area (Å²) in [6.45, 7) is 10.1. The van der Waals surface area contributed by atoms with Crippen molar-refractivity contribution < 1.29 is 9.53 Å². The number of amides is 1. The predicted octanol–water partition coefficient (Wildman–Crippen LogP) is 6.72. The first-order valence-electron chi connectivity index (χ1n) is 12.3. The molecular formula is C27H35Cl2N3O2.